The molecule has 11 heteroatoms. The average Bonchev–Trinajstić information content (AvgIpc) is 2.51. The van der Waals surface area contributed by atoms with Gasteiger partial charge in [0.1, 0.15) is 11.8 Å². The Balaban J connectivity index is 2.90. The smallest absolute Gasteiger partial charge is 0.245 e. The first-order chi connectivity index (χ1) is 11.8. The molecule has 2 rings (SSSR count). The molecular weight excluding hydrogens is 501 g/mol. The fraction of sp³-hybridized carbons (Fsp3) is 0.200. The lowest BCUT2D eigenvalue weighted by molar-refractivity contribution is -0.348. The Hall–Kier alpha value is -1.67. The van der Waals surface area contributed by atoms with E-state index in [9.17, 15) is 30.7 Å². The summed E-state index contributed by atoms with van der Waals surface area (Å²) in [6.07, 6.45) is -11.6. The van der Waals surface area contributed by atoms with Crippen molar-refractivity contribution in [2.24, 2.45) is 0 Å². The van der Waals surface area contributed by atoms with Gasteiger partial charge in [0.15, 0.2) is 0 Å². The molecular formula is C15H5Br2F7N2. The number of pyridine rings is 1. The van der Waals surface area contributed by atoms with E-state index in [-0.39, 0.29) is 20.2 Å². The number of nitrogens with zero attached hydrogens (tertiary/aromatic N) is 2. The molecule has 0 fully saturated rings. The van der Waals surface area contributed by atoms with Crippen LogP contribution in [0.15, 0.2) is 39.4 Å². The normalized spacial score (nSPS) is 12.8. The first-order valence-electron chi connectivity index (χ1n) is 6.51. The molecule has 0 bridgehead atoms. The third kappa shape index (κ3) is 3.44. The summed E-state index contributed by atoms with van der Waals surface area (Å²) in [7, 11) is 0. The molecule has 26 heavy (non-hydrogen) atoms. The number of alkyl halides is 7. The summed E-state index contributed by atoms with van der Waals surface area (Å²) in [5.41, 5.74) is -8.28. The van der Waals surface area contributed by atoms with Crippen LogP contribution in [-0.2, 0) is 5.67 Å². The molecule has 2 aromatic rings. The molecule has 0 aliphatic heterocycles. The second-order valence-corrected chi connectivity index (χ2v) is 6.78. The van der Waals surface area contributed by atoms with Gasteiger partial charge >= 0.3 is 18.0 Å². The topological polar surface area (TPSA) is 36.7 Å². The first kappa shape index (κ1) is 20.6. The standard InChI is InChI=1S/C15H5Br2F7N2/c16-8-3-10(13(18,14(19,20)21)15(22,23)24)12(11(17)4-8)7-1-2-9(5-25)26-6-7/h1-4,6H. The maximum Gasteiger partial charge on any atom is 0.435 e. The lowest BCUT2D eigenvalue weighted by atomic mass is 9.87. The van der Waals surface area contributed by atoms with Gasteiger partial charge in [-0.05, 0) is 24.3 Å². The van der Waals surface area contributed by atoms with Crippen molar-refractivity contribution in [2.75, 3.05) is 0 Å². The van der Waals surface area contributed by atoms with Gasteiger partial charge in [0, 0.05) is 31.8 Å². The molecule has 0 saturated carbocycles. The minimum absolute atomic E-state index is 0.110. The van der Waals surface area contributed by atoms with Gasteiger partial charge in [-0.2, -0.15) is 31.6 Å². The highest BCUT2D eigenvalue weighted by molar-refractivity contribution is 9.11. The van der Waals surface area contributed by atoms with E-state index in [4.69, 9.17) is 5.26 Å². The van der Waals surface area contributed by atoms with Gasteiger partial charge in [-0.3, -0.25) is 0 Å². The van der Waals surface area contributed by atoms with E-state index in [0.717, 1.165) is 18.3 Å². The average molecular weight is 506 g/mol. The number of rotatable bonds is 2. The van der Waals surface area contributed by atoms with Crippen molar-refractivity contribution in [3.63, 3.8) is 0 Å². The van der Waals surface area contributed by atoms with Crippen LogP contribution in [0.1, 0.15) is 11.3 Å². The van der Waals surface area contributed by atoms with Gasteiger partial charge in [0.25, 0.3) is 0 Å². The van der Waals surface area contributed by atoms with Crippen LogP contribution in [-0.4, -0.2) is 17.3 Å². The maximum absolute atomic E-state index is 14.6. The van der Waals surface area contributed by atoms with Crippen molar-refractivity contribution in [3.8, 4) is 17.2 Å². The Bertz CT molecular complexity index is 854. The van der Waals surface area contributed by atoms with Crippen molar-refractivity contribution in [1.82, 2.24) is 4.98 Å². The van der Waals surface area contributed by atoms with Gasteiger partial charge in [-0.15, -0.1) is 0 Å². The predicted molar refractivity (Wildman–Crippen MR) is 84.7 cm³/mol. The highest BCUT2D eigenvalue weighted by Gasteiger charge is 2.74. The van der Waals surface area contributed by atoms with Crippen LogP contribution < -0.4 is 0 Å². The molecule has 0 N–H and O–H groups in total. The highest BCUT2D eigenvalue weighted by atomic mass is 79.9. The van der Waals surface area contributed by atoms with E-state index >= 15 is 0 Å². The molecule has 0 aliphatic rings. The Morgan fingerprint density at radius 1 is 0.923 bits per heavy atom. The van der Waals surface area contributed by atoms with E-state index in [1.807, 2.05) is 0 Å². The van der Waals surface area contributed by atoms with E-state index < -0.39 is 29.1 Å². The SMILES string of the molecule is N#Cc1ccc(-c2c(Br)cc(Br)cc2C(F)(C(F)(F)F)C(F)(F)F)cn1. The summed E-state index contributed by atoms with van der Waals surface area (Å²) in [6, 6.07) is 5.42. The van der Waals surface area contributed by atoms with Gasteiger partial charge in [0.2, 0.25) is 0 Å². The van der Waals surface area contributed by atoms with Gasteiger partial charge < -0.3 is 0 Å². The quantitative estimate of drug-likeness (QED) is 0.441. The molecule has 138 valence electrons. The number of halogens is 9. The molecule has 1 aromatic heterocycles. The molecule has 1 aromatic carbocycles. The molecule has 0 saturated heterocycles. The molecule has 0 amide bonds. The predicted octanol–water partition coefficient (Wildman–Crippen LogP) is 6.43. The number of hydrogen-bond acceptors (Lipinski definition) is 2. The summed E-state index contributed by atoms with van der Waals surface area (Å²) >= 11 is 5.65. The summed E-state index contributed by atoms with van der Waals surface area (Å²) in [6.45, 7) is 0. The zero-order valence-corrected chi connectivity index (χ0v) is 15.4. The lowest BCUT2D eigenvalue weighted by Gasteiger charge is -2.32. The van der Waals surface area contributed by atoms with Crippen molar-refractivity contribution in [2.45, 2.75) is 18.0 Å². The fourth-order valence-electron chi connectivity index (χ4n) is 2.21. The van der Waals surface area contributed by atoms with Gasteiger partial charge in [-0.25, -0.2) is 9.37 Å². The van der Waals surface area contributed by atoms with Crippen LogP contribution in [0.5, 0.6) is 0 Å². The summed E-state index contributed by atoms with van der Waals surface area (Å²) in [5, 5.41) is 8.70. The molecule has 0 spiro atoms. The highest BCUT2D eigenvalue weighted by Crippen LogP contribution is 2.56. The molecule has 2 nitrogen and oxygen atoms in total. The Morgan fingerprint density at radius 2 is 1.50 bits per heavy atom. The number of aromatic nitrogens is 1. The summed E-state index contributed by atoms with van der Waals surface area (Å²) in [5.74, 6) is 0. The second-order valence-electron chi connectivity index (χ2n) is 5.01. The molecule has 1 heterocycles. The largest absolute Gasteiger partial charge is 0.435 e. The van der Waals surface area contributed by atoms with Crippen LogP contribution in [0.4, 0.5) is 30.7 Å². The summed E-state index contributed by atoms with van der Waals surface area (Å²) < 4.78 is 93.3. The third-order valence-electron chi connectivity index (χ3n) is 3.37. The van der Waals surface area contributed by atoms with Gasteiger partial charge in [-0.1, -0.05) is 31.9 Å². The van der Waals surface area contributed by atoms with E-state index in [2.05, 4.69) is 36.8 Å². The number of hydrogen-bond donors (Lipinski definition) is 0. The maximum atomic E-state index is 14.6. The number of nitriles is 1. The van der Waals surface area contributed by atoms with Crippen molar-refractivity contribution in [3.05, 3.63) is 50.7 Å². The summed E-state index contributed by atoms with van der Waals surface area (Å²) in [4.78, 5) is 3.61. The molecule has 0 unspecified atom stereocenters. The Morgan fingerprint density at radius 3 is 1.92 bits per heavy atom. The molecule has 0 radical (unpaired) electrons. The van der Waals surface area contributed by atoms with Crippen molar-refractivity contribution >= 4 is 31.9 Å². The van der Waals surface area contributed by atoms with Crippen molar-refractivity contribution in [1.29, 1.82) is 5.26 Å². The molecule has 0 atom stereocenters. The monoisotopic (exact) mass is 504 g/mol. The van der Waals surface area contributed by atoms with Crippen LogP contribution >= 0.6 is 31.9 Å². The lowest BCUT2D eigenvalue weighted by Crippen LogP contribution is -2.50. The Kier molecular flexibility index (Phi) is 5.41. The minimum atomic E-state index is -6.26. The fourth-order valence-corrected chi connectivity index (χ4v) is 3.67. The third-order valence-corrected chi connectivity index (χ3v) is 4.46. The minimum Gasteiger partial charge on any atom is -0.245 e. The van der Waals surface area contributed by atoms with Crippen molar-refractivity contribution < 1.29 is 30.7 Å². The van der Waals surface area contributed by atoms with Crippen LogP contribution in [0.25, 0.3) is 11.1 Å². The van der Waals surface area contributed by atoms with Crippen LogP contribution in [0.3, 0.4) is 0 Å². The van der Waals surface area contributed by atoms with E-state index in [1.54, 1.807) is 6.07 Å². The van der Waals surface area contributed by atoms with Crippen LogP contribution in [0, 0.1) is 11.3 Å². The number of benzene rings is 1. The second kappa shape index (κ2) is 6.81. The molecule has 0 aliphatic carbocycles. The zero-order chi connectivity index (χ0) is 19.9. The first-order valence-corrected chi connectivity index (χ1v) is 8.10. The van der Waals surface area contributed by atoms with E-state index in [0.29, 0.717) is 6.07 Å². The Labute approximate surface area is 158 Å². The van der Waals surface area contributed by atoms with E-state index in [1.165, 1.54) is 6.07 Å². The zero-order valence-electron chi connectivity index (χ0n) is 12.2. The van der Waals surface area contributed by atoms with Crippen LogP contribution in [0.2, 0.25) is 0 Å². The van der Waals surface area contributed by atoms with Gasteiger partial charge in [0.05, 0.1) is 0 Å².